The van der Waals surface area contributed by atoms with Crippen LogP contribution in [0.2, 0.25) is 5.02 Å². The van der Waals surface area contributed by atoms with E-state index in [1.165, 1.54) is 18.3 Å². The zero-order valence-corrected chi connectivity index (χ0v) is 22.7. The number of carbonyl (C=O) groups excluding carboxylic acids is 1. The molecule has 5 heterocycles. The van der Waals surface area contributed by atoms with Gasteiger partial charge in [0.25, 0.3) is 0 Å². The maximum absolute atomic E-state index is 14.6. The summed E-state index contributed by atoms with van der Waals surface area (Å²) in [5, 5.41) is 7.71. The summed E-state index contributed by atoms with van der Waals surface area (Å²) in [4.78, 5) is 32.1. The van der Waals surface area contributed by atoms with E-state index in [2.05, 4.69) is 43.6 Å². The molecule has 0 radical (unpaired) electrons. The Morgan fingerprint density at radius 3 is 2.83 bits per heavy atom. The van der Waals surface area contributed by atoms with Gasteiger partial charge in [-0.15, -0.1) is 0 Å². The van der Waals surface area contributed by atoms with Crippen LogP contribution in [-0.2, 0) is 4.79 Å². The Balaban J connectivity index is 1.40. The molecular weight excluding hydrogens is 539 g/mol. The van der Waals surface area contributed by atoms with Gasteiger partial charge in [0.05, 0.1) is 22.5 Å². The number of likely N-dealkylation sites (N-methyl/N-ethyl adjacent to an activating group) is 1. The minimum absolute atomic E-state index is 0.0807. The highest BCUT2D eigenvalue weighted by Gasteiger charge is 2.26. The molecule has 3 aromatic heterocycles. The van der Waals surface area contributed by atoms with Gasteiger partial charge in [0, 0.05) is 44.5 Å². The largest absolute Gasteiger partial charge is 0.462 e. The van der Waals surface area contributed by atoms with Crippen LogP contribution in [0.25, 0.3) is 21.8 Å². The summed E-state index contributed by atoms with van der Waals surface area (Å²) in [5.41, 5.74) is 0.827. The Bertz CT molecular complexity index is 1590. The number of H-pyrrole nitrogens is 1. The number of aromatic nitrogens is 5. The van der Waals surface area contributed by atoms with Gasteiger partial charge in [-0.25, -0.2) is 9.37 Å². The monoisotopic (exact) mass is 566 g/mol. The number of nitrogens with one attached hydrogen (secondary N) is 1. The SMILES string of the molecule is C=CC(=O)N1CCN(c2nc(OC[C@@H]3CCCN3C)nc3c(Oc4c(Cl)c(F)cc5[nH]ncc45)nccc23)CC1. The average Bonchev–Trinajstić information content (AvgIpc) is 3.62. The van der Waals surface area contributed by atoms with Crippen LogP contribution in [-0.4, -0.2) is 93.3 Å². The van der Waals surface area contributed by atoms with Crippen molar-refractivity contribution in [2.45, 2.75) is 18.9 Å². The van der Waals surface area contributed by atoms with Gasteiger partial charge < -0.3 is 24.2 Å². The Hall–Kier alpha value is -4.03. The predicted octanol–water partition coefficient (Wildman–Crippen LogP) is 3.79. The normalized spacial score (nSPS) is 18.0. The first kappa shape index (κ1) is 26.2. The highest BCUT2D eigenvalue weighted by atomic mass is 35.5. The number of aromatic amines is 1. The van der Waals surface area contributed by atoms with Gasteiger partial charge in [-0.3, -0.25) is 9.89 Å². The number of fused-ring (bicyclic) bond motifs is 2. The number of hydrogen-bond acceptors (Lipinski definition) is 9. The lowest BCUT2D eigenvalue weighted by atomic mass is 10.2. The van der Waals surface area contributed by atoms with Gasteiger partial charge in [0.1, 0.15) is 28.8 Å². The minimum atomic E-state index is -0.652. The zero-order chi connectivity index (χ0) is 27.8. The third kappa shape index (κ3) is 4.88. The summed E-state index contributed by atoms with van der Waals surface area (Å²) in [6.45, 7) is 7.19. The lowest BCUT2D eigenvalue weighted by Crippen LogP contribution is -2.48. The molecule has 0 saturated carbocycles. The van der Waals surface area contributed by atoms with Crippen molar-refractivity contribution >= 4 is 45.1 Å². The molecule has 208 valence electrons. The number of likely N-dealkylation sites (tertiary alicyclic amines) is 1. The molecule has 40 heavy (non-hydrogen) atoms. The number of ether oxygens (including phenoxy) is 2. The van der Waals surface area contributed by atoms with Gasteiger partial charge in [-0.2, -0.15) is 15.1 Å². The number of carbonyl (C=O) groups is 1. The van der Waals surface area contributed by atoms with E-state index in [0.29, 0.717) is 60.4 Å². The molecule has 13 heteroatoms. The van der Waals surface area contributed by atoms with E-state index in [1.54, 1.807) is 17.2 Å². The van der Waals surface area contributed by atoms with E-state index in [1.807, 2.05) is 0 Å². The van der Waals surface area contributed by atoms with Crippen LogP contribution in [0.1, 0.15) is 12.8 Å². The number of pyridine rings is 1. The van der Waals surface area contributed by atoms with Crippen molar-refractivity contribution in [1.29, 1.82) is 0 Å². The van der Waals surface area contributed by atoms with Crippen molar-refractivity contribution in [1.82, 2.24) is 34.9 Å². The van der Waals surface area contributed by atoms with E-state index in [0.717, 1.165) is 19.4 Å². The van der Waals surface area contributed by atoms with Crippen LogP contribution < -0.4 is 14.4 Å². The molecule has 2 saturated heterocycles. The standard InChI is InChI=1S/C27H28ClFN8O3/c1-3-21(38)36-9-11-37(12-10-36)25-17-6-7-30-26(40-24-18-14-31-34-20(18)13-19(29)22(24)28)23(17)32-27(33-25)39-15-16-5-4-8-35(16)2/h3,6-7,13-14,16H,1,4-5,8-12,15H2,2H3,(H,31,34)/t16-/m0/s1. The molecular formula is C27H28ClFN8O3. The fourth-order valence-electron chi connectivity index (χ4n) is 5.20. The van der Waals surface area contributed by atoms with Crippen LogP contribution in [0.3, 0.4) is 0 Å². The molecule has 6 rings (SSSR count). The Morgan fingerprint density at radius 2 is 2.08 bits per heavy atom. The summed E-state index contributed by atoms with van der Waals surface area (Å²) in [7, 11) is 2.08. The van der Waals surface area contributed by atoms with Gasteiger partial charge in [-0.1, -0.05) is 18.2 Å². The van der Waals surface area contributed by atoms with Crippen molar-refractivity contribution in [3.05, 3.63) is 48.0 Å². The van der Waals surface area contributed by atoms with Crippen molar-refractivity contribution in [2.24, 2.45) is 0 Å². The summed E-state index contributed by atoms with van der Waals surface area (Å²) in [6, 6.07) is 3.51. The van der Waals surface area contributed by atoms with E-state index in [9.17, 15) is 9.18 Å². The molecule has 2 aliphatic heterocycles. The fraction of sp³-hybridized carbons (Fsp3) is 0.370. The molecule has 0 bridgehead atoms. The van der Waals surface area contributed by atoms with Gasteiger partial charge in [0.2, 0.25) is 11.8 Å². The maximum atomic E-state index is 14.6. The average molecular weight is 567 g/mol. The maximum Gasteiger partial charge on any atom is 0.319 e. The second-order valence-electron chi connectivity index (χ2n) is 9.88. The number of benzene rings is 1. The van der Waals surface area contributed by atoms with Crippen molar-refractivity contribution in [3.63, 3.8) is 0 Å². The van der Waals surface area contributed by atoms with Crippen molar-refractivity contribution in [2.75, 3.05) is 51.3 Å². The van der Waals surface area contributed by atoms with E-state index in [4.69, 9.17) is 26.1 Å². The molecule has 1 N–H and O–H groups in total. The lowest BCUT2D eigenvalue weighted by molar-refractivity contribution is -0.126. The third-order valence-electron chi connectivity index (χ3n) is 7.47. The molecule has 0 unspecified atom stereocenters. The molecule has 1 amide bonds. The van der Waals surface area contributed by atoms with Crippen LogP contribution in [0.5, 0.6) is 17.6 Å². The quantitative estimate of drug-likeness (QED) is 0.334. The number of amides is 1. The zero-order valence-electron chi connectivity index (χ0n) is 21.9. The third-order valence-corrected chi connectivity index (χ3v) is 7.83. The summed E-state index contributed by atoms with van der Waals surface area (Å²) < 4.78 is 26.9. The Morgan fingerprint density at radius 1 is 1.25 bits per heavy atom. The molecule has 0 spiro atoms. The molecule has 2 aliphatic rings. The van der Waals surface area contributed by atoms with E-state index in [-0.39, 0.29) is 34.6 Å². The summed E-state index contributed by atoms with van der Waals surface area (Å²) in [6.07, 6.45) is 6.56. The second kappa shape index (κ2) is 10.9. The van der Waals surface area contributed by atoms with Crippen LogP contribution >= 0.6 is 11.6 Å². The molecule has 4 aromatic rings. The van der Waals surface area contributed by atoms with Crippen molar-refractivity contribution in [3.8, 4) is 17.6 Å². The topological polar surface area (TPSA) is 113 Å². The highest BCUT2D eigenvalue weighted by molar-refractivity contribution is 6.33. The van der Waals surface area contributed by atoms with E-state index < -0.39 is 5.82 Å². The molecule has 0 aliphatic carbocycles. The highest BCUT2D eigenvalue weighted by Crippen LogP contribution is 2.40. The van der Waals surface area contributed by atoms with Crippen LogP contribution in [0.15, 0.2) is 37.2 Å². The van der Waals surface area contributed by atoms with Gasteiger partial charge in [-0.05, 0) is 38.6 Å². The number of hydrogen-bond donors (Lipinski definition) is 1. The second-order valence-corrected chi connectivity index (χ2v) is 10.3. The van der Waals surface area contributed by atoms with Gasteiger partial charge >= 0.3 is 6.01 Å². The molecule has 11 nitrogen and oxygen atoms in total. The number of piperazine rings is 1. The number of halogens is 2. The van der Waals surface area contributed by atoms with Crippen LogP contribution in [0.4, 0.5) is 10.2 Å². The van der Waals surface area contributed by atoms with E-state index >= 15 is 0 Å². The summed E-state index contributed by atoms with van der Waals surface area (Å²) in [5.74, 6) is 0.0862. The molecule has 1 aromatic carbocycles. The predicted molar refractivity (Wildman–Crippen MR) is 149 cm³/mol. The molecule has 1 atom stereocenters. The van der Waals surface area contributed by atoms with Crippen LogP contribution in [0, 0.1) is 5.82 Å². The number of anilines is 1. The first-order valence-corrected chi connectivity index (χ1v) is 13.5. The number of rotatable bonds is 7. The minimum Gasteiger partial charge on any atom is -0.462 e. The first-order chi connectivity index (χ1) is 19.4. The lowest BCUT2D eigenvalue weighted by Gasteiger charge is -2.35. The Labute approximate surface area is 234 Å². The smallest absolute Gasteiger partial charge is 0.319 e. The molecule has 2 fully saturated rings. The van der Waals surface area contributed by atoms with Gasteiger partial charge in [0.15, 0.2) is 5.75 Å². The summed E-state index contributed by atoms with van der Waals surface area (Å²) >= 11 is 6.32. The van der Waals surface area contributed by atoms with Crippen molar-refractivity contribution < 1.29 is 18.7 Å². The first-order valence-electron chi connectivity index (χ1n) is 13.1. The Kier molecular flexibility index (Phi) is 7.11. The fourth-order valence-corrected chi connectivity index (χ4v) is 5.40. The number of nitrogens with zero attached hydrogens (tertiary/aromatic N) is 7.